The Hall–Kier alpha value is -4.86. The highest BCUT2D eigenvalue weighted by Gasteiger charge is 2.39. The lowest BCUT2D eigenvalue weighted by molar-refractivity contribution is -0.141. The van der Waals surface area contributed by atoms with Gasteiger partial charge in [-0.05, 0) is 60.3 Å². The summed E-state index contributed by atoms with van der Waals surface area (Å²) in [6.07, 6.45) is -2.19. The number of ether oxygens (including phenoxy) is 3. The molecular formula is C41H58N5O11P. The summed E-state index contributed by atoms with van der Waals surface area (Å²) < 4.78 is 32.8. The van der Waals surface area contributed by atoms with E-state index in [4.69, 9.17) is 18.7 Å². The molecule has 0 spiro atoms. The lowest BCUT2D eigenvalue weighted by atomic mass is 9.85. The van der Waals surface area contributed by atoms with Crippen molar-refractivity contribution in [2.24, 2.45) is 10.8 Å². The highest BCUT2D eigenvalue weighted by molar-refractivity contribution is 7.46. The molecule has 1 aromatic heterocycles. The highest BCUT2D eigenvalue weighted by atomic mass is 31.2. The van der Waals surface area contributed by atoms with Gasteiger partial charge in [-0.25, -0.2) is 14.2 Å². The average Bonchev–Trinajstić information content (AvgIpc) is 3.14. The van der Waals surface area contributed by atoms with Gasteiger partial charge >= 0.3 is 20.0 Å². The number of nitrogens with one attached hydrogen (secondary N) is 4. The number of aromatic nitrogens is 1. The molecule has 16 nitrogen and oxygen atoms in total. The predicted octanol–water partition coefficient (Wildman–Crippen LogP) is 5.28. The first kappa shape index (κ1) is 47.5. The molecule has 1 heterocycles. The minimum atomic E-state index is -5.05. The van der Waals surface area contributed by atoms with E-state index >= 15 is 0 Å². The third-order valence-corrected chi connectivity index (χ3v) is 9.71. The van der Waals surface area contributed by atoms with E-state index in [9.17, 15) is 33.5 Å². The Balaban J connectivity index is 2.15. The monoisotopic (exact) mass is 827 g/mol. The molecular weight excluding hydrogens is 769 g/mol. The molecule has 0 aliphatic rings. The van der Waals surface area contributed by atoms with Gasteiger partial charge in [0.05, 0.1) is 32.1 Å². The summed E-state index contributed by atoms with van der Waals surface area (Å²) in [5.41, 5.74) is 1.64. The molecule has 6 N–H and O–H groups in total. The SMILES string of the molecule is COC(=O)N[C@H](C(=O)NC(Cc1ccc(-c2ccccn2)cc1)CC(OC(C)OP(=O)(O)O)C(Cc1ccccc1)NC(=O)[C@@H](NC(=O)OC)C(C)(C)C)C(C)(C)C. The molecule has 0 aliphatic carbocycles. The Kier molecular flexibility index (Phi) is 17.4. The maximum absolute atomic E-state index is 14.2. The lowest BCUT2D eigenvalue weighted by Crippen LogP contribution is -2.59. The van der Waals surface area contributed by atoms with Crippen LogP contribution in [0.5, 0.6) is 0 Å². The maximum atomic E-state index is 14.2. The van der Waals surface area contributed by atoms with Gasteiger partial charge in [0, 0.05) is 17.8 Å². The van der Waals surface area contributed by atoms with Crippen LogP contribution >= 0.6 is 7.82 Å². The van der Waals surface area contributed by atoms with Crippen LogP contribution in [0.3, 0.4) is 0 Å². The van der Waals surface area contributed by atoms with Crippen LogP contribution in [0, 0.1) is 10.8 Å². The number of carbonyl (C=O) groups excluding carboxylic acids is 4. The van der Waals surface area contributed by atoms with Gasteiger partial charge in [0.2, 0.25) is 11.8 Å². The third-order valence-electron chi connectivity index (χ3n) is 9.14. The number of methoxy groups -OCH3 is 2. The minimum Gasteiger partial charge on any atom is -0.453 e. The van der Waals surface area contributed by atoms with Crippen molar-refractivity contribution in [3.05, 3.63) is 90.1 Å². The molecule has 0 bridgehead atoms. The van der Waals surface area contributed by atoms with Crippen molar-refractivity contribution < 1.29 is 52.3 Å². The van der Waals surface area contributed by atoms with E-state index in [2.05, 4.69) is 26.3 Å². The summed E-state index contributed by atoms with van der Waals surface area (Å²) in [6.45, 7) is 12.0. The summed E-state index contributed by atoms with van der Waals surface area (Å²) in [4.78, 5) is 76.9. The second-order valence-electron chi connectivity index (χ2n) is 16.1. The summed E-state index contributed by atoms with van der Waals surface area (Å²) in [6, 6.07) is 18.5. The fourth-order valence-electron chi connectivity index (χ4n) is 6.28. The molecule has 0 radical (unpaired) electrons. The second-order valence-corrected chi connectivity index (χ2v) is 17.3. The number of hydrogen-bond acceptors (Lipinski definition) is 10. The molecule has 3 aromatic rings. The number of phosphoric acid groups is 1. The molecule has 0 fully saturated rings. The van der Waals surface area contributed by atoms with Crippen molar-refractivity contribution in [1.29, 1.82) is 0 Å². The number of alkyl carbamates (subject to hydrolysis) is 2. The number of pyridine rings is 1. The molecule has 17 heteroatoms. The first-order chi connectivity index (χ1) is 27.1. The first-order valence-corrected chi connectivity index (χ1v) is 20.4. The van der Waals surface area contributed by atoms with Crippen LogP contribution in [0.2, 0.25) is 0 Å². The summed E-state index contributed by atoms with van der Waals surface area (Å²) in [5.74, 6) is -1.12. The van der Waals surface area contributed by atoms with E-state index in [0.717, 1.165) is 22.4 Å². The molecule has 0 aliphatic heterocycles. The Morgan fingerprint density at radius 3 is 1.71 bits per heavy atom. The summed E-state index contributed by atoms with van der Waals surface area (Å²) in [5, 5.41) is 11.3. The lowest BCUT2D eigenvalue weighted by Gasteiger charge is -2.37. The highest BCUT2D eigenvalue weighted by Crippen LogP contribution is 2.38. The number of benzene rings is 2. The van der Waals surface area contributed by atoms with Crippen LogP contribution in [0.4, 0.5) is 9.59 Å². The molecule has 4 amide bonds. The molecule has 3 rings (SSSR count). The van der Waals surface area contributed by atoms with E-state index < -0.39 is 79.2 Å². The second kappa shape index (κ2) is 21.2. The van der Waals surface area contributed by atoms with Gasteiger partial charge in [-0.2, -0.15) is 0 Å². The van der Waals surface area contributed by atoms with Gasteiger partial charge in [-0.3, -0.25) is 19.1 Å². The number of phosphoric ester groups is 1. The van der Waals surface area contributed by atoms with Crippen molar-refractivity contribution in [3.63, 3.8) is 0 Å². The largest absolute Gasteiger partial charge is 0.471 e. The van der Waals surface area contributed by atoms with Crippen LogP contribution in [-0.2, 0) is 45.7 Å². The minimum absolute atomic E-state index is 0.0416. The molecule has 58 heavy (non-hydrogen) atoms. The van der Waals surface area contributed by atoms with Gasteiger partial charge in [0.15, 0.2) is 6.29 Å². The van der Waals surface area contributed by atoms with Crippen molar-refractivity contribution in [3.8, 4) is 11.3 Å². The Bertz CT molecular complexity index is 1830. The van der Waals surface area contributed by atoms with Crippen molar-refractivity contribution >= 4 is 31.8 Å². The zero-order valence-electron chi connectivity index (χ0n) is 34.6. The first-order valence-electron chi connectivity index (χ1n) is 18.8. The van der Waals surface area contributed by atoms with Gasteiger partial charge in [0.1, 0.15) is 12.1 Å². The van der Waals surface area contributed by atoms with E-state index in [1.165, 1.54) is 21.1 Å². The quantitative estimate of drug-likeness (QED) is 0.0713. The molecule has 318 valence electrons. The number of rotatable bonds is 18. The Morgan fingerprint density at radius 2 is 1.22 bits per heavy atom. The van der Waals surface area contributed by atoms with Crippen molar-refractivity contribution in [2.45, 2.75) is 104 Å². The summed E-state index contributed by atoms with van der Waals surface area (Å²) in [7, 11) is -2.67. The zero-order valence-corrected chi connectivity index (χ0v) is 35.4. The predicted molar refractivity (Wildman–Crippen MR) is 217 cm³/mol. The number of carbonyl (C=O) groups is 4. The van der Waals surface area contributed by atoms with Crippen molar-refractivity contribution in [2.75, 3.05) is 14.2 Å². The molecule has 0 saturated heterocycles. The number of amides is 4. The summed E-state index contributed by atoms with van der Waals surface area (Å²) >= 11 is 0. The zero-order chi connectivity index (χ0) is 43.3. The molecule has 0 saturated carbocycles. The van der Waals surface area contributed by atoms with Crippen LogP contribution in [0.15, 0.2) is 79.0 Å². The normalized spacial score (nSPS) is 15.1. The third kappa shape index (κ3) is 15.8. The van der Waals surface area contributed by atoms with Crippen molar-refractivity contribution in [1.82, 2.24) is 26.3 Å². The number of nitrogens with zero attached hydrogens (tertiary/aromatic N) is 1. The van der Waals surface area contributed by atoms with E-state index in [0.29, 0.717) is 0 Å². The van der Waals surface area contributed by atoms with Crippen LogP contribution in [0.1, 0.15) is 66.0 Å². The molecule has 2 aromatic carbocycles. The smallest absolute Gasteiger partial charge is 0.453 e. The van der Waals surface area contributed by atoms with Gasteiger partial charge in [0.25, 0.3) is 0 Å². The van der Waals surface area contributed by atoms with E-state index in [-0.39, 0.29) is 19.3 Å². The van der Waals surface area contributed by atoms with E-state index in [1.807, 2.05) is 72.8 Å². The van der Waals surface area contributed by atoms with Crippen LogP contribution in [-0.4, -0.2) is 89.6 Å². The Morgan fingerprint density at radius 1 is 0.707 bits per heavy atom. The topological polar surface area (TPSA) is 224 Å². The fourth-order valence-corrected chi connectivity index (χ4v) is 6.72. The number of hydrogen-bond donors (Lipinski definition) is 6. The maximum Gasteiger partial charge on any atom is 0.471 e. The van der Waals surface area contributed by atoms with Crippen LogP contribution < -0.4 is 21.3 Å². The van der Waals surface area contributed by atoms with Gasteiger partial charge in [-0.1, -0.05) is 102 Å². The Labute approximate surface area is 340 Å². The van der Waals surface area contributed by atoms with Crippen LogP contribution in [0.25, 0.3) is 11.3 Å². The molecule has 4 unspecified atom stereocenters. The van der Waals surface area contributed by atoms with Gasteiger partial charge in [-0.15, -0.1) is 0 Å². The average molecular weight is 828 g/mol. The standard InChI is InChI=1S/C41H58N5O11P/c1-26(57-58(51,52)53)56-33(32(24-27-15-11-10-12-16-27)44-37(48)35(41(5,6)7)46-39(50)55-9)25-30(43-36(47)34(40(2,3)4)45-38(49)54-8)23-28-18-20-29(21-19-28)31-17-13-14-22-42-31/h10-22,26,30,32-35H,23-25H2,1-9H3,(H,43,47)(H,44,48)(H,45,49)(H,46,50)(H2,51,52,53)/t26?,30?,32?,33?,34-,35-/m1/s1. The molecule has 6 atom stereocenters. The van der Waals surface area contributed by atoms with Gasteiger partial charge < -0.3 is 45.3 Å². The van der Waals surface area contributed by atoms with E-state index in [1.54, 1.807) is 47.7 Å². The fraction of sp³-hybridized carbons (Fsp3) is 0.488.